The minimum Gasteiger partial charge on any atom is -0.475 e. The maximum absolute atomic E-state index is 11.8. The second-order valence-electron chi connectivity index (χ2n) is 5.95. The van der Waals surface area contributed by atoms with Crippen LogP contribution in [-0.4, -0.2) is 23.5 Å². The number of amides is 1. The number of carbonyl (C=O) groups is 2. The predicted molar refractivity (Wildman–Crippen MR) is 71.6 cm³/mol. The summed E-state index contributed by atoms with van der Waals surface area (Å²) in [7, 11) is 0. The Kier molecular flexibility index (Phi) is 3.51. The van der Waals surface area contributed by atoms with E-state index < -0.39 is 5.97 Å². The van der Waals surface area contributed by atoms with E-state index in [1.165, 1.54) is 37.8 Å². The molecular formula is C15H19NO4. The summed E-state index contributed by atoms with van der Waals surface area (Å²) in [4.78, 5) is 22.5. The Bertz CT molecular complexity index is 522. The van der Waals surface area contributed by atoms with Crippen molar-refractivity contribution >= 4 is 11.9 Å². The van der Waals surface area contributed by atoms with Gasteiger partial charge in [0, 0.05) is 6.54 Å². The quantitative estimate of drug-likeness (QED) is 0.866. The molecule has 0 aromatic carbocycles. The summed E-state index contributed by atoms with van der Waals surface area (Å²) in [6.07, 6.45) is 6.43. The van der Waals surface area contributed by atoms with Crippen molar-refractivity contribution in [1.82, 2.24) is 5.32 Å². The lowest BCUT2D eigenvalue weighted by molar-refractivity contribution is 0.0659. The van der Waals surface area contributed by atoms with Crippen LogP contribution >= 0.6 is 0 Å². The molecule has 1 amide bonds. The van der Waals surface area contributed by atoms with Gasteiger partial charge in [0.25, 0.3) is 5.91 Å². The van der Waals surface area contributed by atoms with Crippen LogP contribution in [0.1, 0.15) is 53.2 Å². The zero-order valence-corrected chi connectivity index (χ0v) is 11.3. The number of carboxylic acid groups (broad SMARTS) is 1. The SMILES string of the molecule is O=C(O)c1ccc(C(=O)NCCC2CC3CCC2C3)o1. The molecule has 1 aromatic rings. The number of furan rings is 1. The van der Waals surface area contributed by atoms with Crippen LogP contribution in [0.4, 0.5) is 0 Å². The number of hydrogen-bond acceptors (Lipinski definition) is 3. The molecule has 2 bridgehead atoms. The van der Waals surface area contributed by atoms with Crippen molar-refractivity contribution in [1.29, 1.82) is 0 Å². The van der Waals surface area contributed by atoms with E-state index in [1.807, 2.05) is 0 Å². The van der Waals surface area contributed by atoms with E-state index >= 15 is 0 Å². The van der Waals surface area contributed by atoms with Crippen molar-refractivity contribution < 1.29 is 19.1 Å². The van der Waals surface area contributed by atoms with Gasteiger partial charge in [-0.2, -0.15) is 0 Å². The predicted octanol–water partition coefficient (Wildman–Crippen LogP) is 2.53. The molecule has 2 fully saturated rings. The van der Waals surface area contributed by atoms with Crippen LogP contribution in [-0.2, 0) is 0 Å². The molecule has 1 heterocycles. The zero-order valence-electron chi connectivity index (χ0n) is 11.3. The molecular weight excluding hydrogens is 258 g/mol. The van der Waals surface area contributed by atoms with E-state index in [1.54, 1.807) is 0 Å². The smallest absolute Gasteiger partial charge is 0.371 e. The van der Waals surface area contributed by atoms with E-state index in [0.29, 0.717) is 6.54 Å². The third kappa shape index (κ3) is 2.57. The molecule has 5 heteroatoms. The molecule has 0 saturated heterocycles. The van der Waals surface area contributed by atoms with Gasteiger partial charge in [-0.05, 0) is 55.6 Å². The first-order chi connectivity index (χ1) is 9.63. The van der Waals surface area contributed by atoms with Gasteiger partial charge in [-0.1, -0.05) is 6.42 Å². The molecule has 5 nitrogen and oxygen atoms in total. The van der Waals surface area contributed by atoms with Gasteiger partial charge in [0.1, 0.15) is 0 Å². The van der Waals surface area contributed by atoms with Gasteiger partial charge < -0.3 is 14.8 Å². The first-order valence-corrected chi connectivity index (χ1v) is 7.25. The van der Waals surface area contributed by atoms with Gasteiger partial charge in [-0.15, -0.1) is 0 Å². The minimum absolute atomic E-state index is 0.0651. The van der Waals surface area contributed by atoms with E-state index in [9.17, 15) is 9.59 Å². The summed E-state index contributed by atoms with van der Waals surface area (Å²) in [6, 6.07) is 2.70. The zero-order chi connectivity index (χ0) is 14.1. The van der Waals surface area contributed by atoms with Crippen molar-refractivity contribution in [2.24, 2.45) is 17.8 Å². The number of carboxylic acids is 1. The molecule has 108 valence electrons. The van der Waals surface area contributed by atoms with Crippen LogP contribution in [0.25, 0.3) is 0 Å². The normalized spacial score (nSPS) is 27.7. The Labute approximate surface area is 117 Å². The maximum atomic E-state index is 11.8. The summed E-state index contributed by atoms with van der Waals surface area (Å²) in [6.45, 7) is 0.635. The Hall–Kier alpha value is -1.78. The van der Waals surface area contributed by atoms with Gasteiger partial charge in [0.05, 0.1) is 0 Å². The summed E-state index contributed by atoms with van der Waals surface area (Å²) in [5.41, 5.74) is 0. The molecule has 3 atom stereocenters. The van der Waals surface area contributed by atoms with Gasteiger partial charge in [-0.3, -0.25) is 4.79 Å². The average Bonchev–Trinajstić information content (AvgIpc) is 3.14. The van der Waals surface area contributed by atoms with Crippen molar-refractivity contribution in [2.75, 3.05) is 6.54 Å². The first kappa shape index (κ1) is 13.2. The number of hydrogen-bond donors (Lipinski definition) is 2. The fraction of sp³-hybridized carbons (Fsp3) is 0.600. The first-order valence-electron chi connectivity index (χ1n) is 7.25. The molecule has 3 rings (SSSR count). The molecule has 2 aliphatic carbocycles. The molecule has 1 aromatic heterocycles. The van der Waals surface area contributed by atoms with Crippen molar-refractivity contribution in [3.63, 3.8) is 0 Å². The number of fused-ring (bicyclic) bond motifs is 2. The molecule has 0 spiro atoms. The van der Waals surface area contributed by atoms with Crippen LogP contribution in [0, 0.1) is 17.8 Å². The summed E-state index contributed by atoms with van der Waals surface area (Å²) < 4.78 is 4.97. The topological polar surface area (TPSA) is 79.5 Å². The van der Waals surface area contributed by atoms with E-state index in [-0.39, 0.29) is 17.4 Å². The standard InChI is InChI=1S/C15H19NO4/c17-14(12-3-4-13(20-12)15(18)19)16-6-5-11-8-9-1-2-10(11)7-9/h3-4,9-11H,1-2,5-8H2,(H,16,17)(H,18,19). The highest BCUT2D eigenvalue weighted by Crippen LogP contribution is 2.49. The Morgan fingerprint density at radius 3 is 2.65 bits per heavy atom. The number of carbonyl (C=O) groups excluding carboxylic acids is 1. The Balaban J connectivity index is 1.46. The lowest BCUT2D eigenvalue weighted by Gasteiger charge is -2.21. The molecule has 3 unspecified atom stereocenters. The molecule has 0 radical (unpaired) electrons. The molecule has 2 aliphatic rings. The highest BCUT2D eigenvalue weighted by Gasteiger charge is 2.38. The second kappa shape index (κ2) is 5.31. The van der Waals surface area contributed by atoms with Gasteiger partial charge in [-0.25, -0.2) is 4.79 Å². The minimum atomic E-state index is -1.16. The monoisotopic (exact) mass is 277 g/mol. The lowest BCUT2D eigenvalue weighted by atomic mass is 9.86. The number of rotatable bonds is 5. The Morgan fingerprint density at radius 2 is 2.05 bits per heavy atom. The number of aromatic carboxylic acids is 1. The highest BCUT2D eigenvalue weighted by atomic mass is 16.4. The molecule has 0 aliphatic heterocycles. The highest BCUT2D eigenvalue weighted by molar-refractivity contribution is 5.93. The van der Waals surface area contributed by atoms with Crippen LogP contribution in [0.2, 0.25) is 0 Å². The van der Waals surface area contributed by atoms with E-state index in [0.717, 1.165) is 24.2 Å². The number of nitrogens with one attached hydrogen (secondary N) is 1. The fourth-order valence-electron chi connectivity index (χ4n) is 3.76. The summed E-state index contributed by atoms with van der Waals surface area (Å²) >= 11 is 0. The van der Waals surface area contributed by atoms with Crippen molar-refractivity contribution in [2.45, 2.75) is 32.1 Å². The van der Waals surface area contributed by atoms with Crippen LogP contribution in [0.15, 0.2) is 16.5 Å². The molecule has 2 saturated carbocycles. The largest absolute Gasteiger partial charge is 0.475 e. The van der Waals surface area contributed by atoms with Crippen LogP contribution < -0.4 is 5.32 Å². The van der Waals surface area contributed by atoms with Crippen molar-refractivity contribution in [3.05, 3.63) is 23.7 Å². The summed E-state index contributed by atoms with van der Waals surface area (Å²) in [5, 5.41) is 11.5. The van der Waals surface area contributed by atoms with Gasteiger partial charge >= 0.3 is 5.97 Å². The van der Waals surface area contributed by atoms with Crippen molar-refractivity contribution in [3.8, 4) is 0 Å². The van der Waals surface area contributed by atoms with E-state index in [4.69, 9.17) is 9.52 Å². The summed E-state index contributed by atoms with van der Waals surface area (Å²) in [5.74, 6) is 0.897. The third-order valence-corrected chi connectivity index (χ3v) is 4.73. The van der Waals surface area contributed by atoms with Crippen LogP contribution in [0.5, 0.6) is 0 Å². The van der Waals surface area contributed by atoms with Gasteiger partial charge in [0.2, 0.25) is 5.76 Å². The third-order valence-electron chi connectivity index (χ3n) is 4.73. The molecule has 2 N–H and O–H groups in total. The van der Waals surface area contributed by atoms with Gasteiger partial charge in [0.15, 0.2) is 5.76 Å². The fourth-order valence-corrected chi connectivity index (χ4v) is 3.76. The lowest BCUT2D eigenvalue weighted by Crippen LogP contribution is -2.26. The maximum Gasteiger partial charge on any atom is 0.371 e. The average molecular weight is 277 g/mol. The molecule has 20 heavy (non-hydrogen) atoms. The second-order valence-corrected chi connectivity index (χ2v) is 5.95. The Morgan fingerprint density at radius 1 is 1.25 bits per heavy atom. The van der Waals surface area contributed by atoms with Crippen LogP contribution in [0.3, 0.4) is 0 Å². The van der Waals surface area contributed by atoms with E-state index in [2.05, 4.69) is 5.32 Å².